The van der Waals surface area contributed by atoms with E-state index in [1.54, 1.807) is 18.2 Å². The standard InChI is InChI=1S/C15H18N2O2/c16-10-9-14(18)13-7-4-8-15(17-13)19-11-12-5-2-1-3-6-12/h4,7-8,12H,1-3,5-6,9,11H2. The van der Waals surface area contributed by atoms with E-state index in [0.717, 1.165) is 0 Å². The number of pyridine rings is 1. The fraction of sp³-hybridized carbons (Fsp3) is 0.533. The van der Waals surface area contributed by atoms with E-state index in [4.69, 9.17) is 10.00 Å². The zero-order chi connectivity index (χ0) is 13.5. The van der Waals surface area contributed by atoms with Crippen LogP contribution in [0.15, 0.2) is 18.2 Å². The maximum atomic E-state index is 11.6. The van der Waals surface area contributed by atoms with Gasteiger partial charge in [0.2, 0.25) is 5.88 Å². The molecule has 0 bridgehead atoms. The Labute approximate surface area is 113 Å². The van der Waals surface area contributed by atoms with Gasteiger partial charge in [0.1, 0.15) is 12.1 Å². The highest BCUT2D eigenvalue weighted by molar-refractivity contribution is 5.95. The van der Waals surface area contributed by atoms with E-state index in [-0.39, 0.29) is 12.2 Å². The second kappa shape index (κ2) is 6.89. The lowest BCUT2D eigenvalue weighted by molar-refractivity contribution is 0.0991. The number of carbonyl (C=O) groups is 1. The number of nitrogens with zero attached hydrogens (tertiary/aromatic N) is 2. The van der Waals surface area contributed by atoms with Crippen molar-refractivity contribution in [2.75, 3.05) is 6.61 Å². The number of hydrogen-bond acceptors (Lipinski definition) is 4. The van der Waals surface area contributed by atoms with Crippen LogP contribution >= 0.6 is 0 Å². The van der Waals surface area contributed by atoms with Crippen molar-refractivity contribution in [2.24, 2.45) is 5.92 Å². The van der Waals surface area contributed by atoms with Crippen LogP contribution in [0.2, 0.25) is 0 Å². The number of ketones is 1. The molecule has 4 nitrogen and oxygen atoms in total. The highest BCUT2D eigenvalue weighted by Gasteiger charge is 2.14. The lowest BCUT2D eigenvalue weighted by Gasteiger charge is -2.21. The van der Waals surface area contributed by atoms with Crippen molar-refractivity contribution >= 4 is 5.78 Å². The highest BCUT2D eigenvalue weighted by atomic mass is 16.5. The average molecular weight is 258 g/mol. The van der Waals surface area contributed by atoms with Gasteiger partial charge in [-0.1, -0.05) is 25.3 Å². The van der Waals surface area contributed by atoms with Gasteiger partial charge < -0.3 is 4.74 Å². The van der Waals surface area contributed by atoms with Crippen LogP contribution in [-0.4, -0.2) is 17.4 Å². The number of rotatable bonds is 5. The molecule has 0 saturated heterocycles. The molecule has 100 valence electrons. The van der Waals surface area contributed by atoms with E-state index in [0.29, 0.717) is 24.1 Å². The van der Waals surface area contributed by atoms with E-state index in [9.17, 15) is 4.79 Å². The fourth-order valence-electron chi connectivity index (χ4n) is 2.37. The minimum Gasteiger partial charge on any atom is -0.477 e. The molecule has 0 aromatic carbocycles. The van der Waals surface area contributed by atoms with E-state index in [1.807, 2.05) is 6.07 Å². The fourth-order valence-corrected chi connectivity index (χ4v) is 2.37. The Morgan fingerprint density at radius 2 is 2.16 bits per heavy atom. The zero-order valence-corrected chi connectivity index (χ0v) is 11.0. The van der Waals surface area contributed by atoms with Crippen molar-refractivity contribution in [3.05, 3.63) is 23.9 Å². The van der Waals surface area contributed by atoms with Gasteiger partial charge in [-0.2, -0.15) is 5.26 Å². The minimum absolute atomic E-state index is 0.140. The number of aromatic nitrogens is 1. The molecule has 1 aliphatic carbocycles. The topological polar surface area (TPSA) is 63.0 Å². The summed E-state index contributed by atoms with van der Waals surface area (Å²) < 4.78 is 5.67. The van der Waals surface area contributed by atoms with Crippen LogP contribution in [0.4, 0.5) is 0 Å². The second-order valence-corrected chi connectivity index (χ2v) is 4.93. The van der Waals surface area contributed by atoms with Crippen molar-refractivity contribution in [1.82, 2.24) is 4.98 Å². The molecule has 0 radical (unpaired) electrons. The molecule has 0 spiro atoms. The first-order valence-electron chi connectivity index (χ1n) is 6.79. The maximum Gasteiger partial charge on any atom is 0.213 e. The van der Waals surface area contributed by atoms with Gasteiger partial charge >= 0.3 is 0 Å². The molecular formula is C15H18N2O2. The summed E-state index contributed by atoms with van der Waals surface area (Å²) in [5.41, 5.74) is 0.308. The van der Waals surface area contributed by atoms with Crippen LogP contribution in [0.3, 0.4) is 0 Å². The molecule has 1 fully saturated rings. The summed E-state index contributed by atoms with van der Waals surface area (Å²) in [7, 11) is 0. The SMILES string of the molecule is N#CCC(=O)c1cccc(OCC2CCCCC2)n1. The third-order valence-electron chi connectivity index (χ3n) is 3.44. The molecular weight excluding hydrogens is 240 g/mol. The Morgan fingerprint density at radius 3 is 2.89 bits per heavy atom. The predicted molar refractivity (Wildman–Crippen MR) is 70.9 cm³/mol. The maximum absolute atomic E-state index is 11.6. The summed E-state index contributed by atoms with van der Waals surface area (Å²) in [4.78, 5) is 15.7. The van der Waals surface area contributed by atoms with Gasteiger partial charge in [-0.05, 0) is 24.8 Å². The smallest absolute Gasteiger partial charge is 0.213 e. The van der Waals surface area contributed by atoms with Gasteiger partial charge in [0.25, 0.3) is 0 Å². The zero-order valence-electron chi connectivity index (χ0n) is 11.0. The number of ether oxygens (including phenoxy) is 1. The summed E-state index contributed by atoms with van der Waals surface area (Å²) in [5.74, 6) is 0.828. The lowest BCUT2D eigenvalue weighted by Crippen LogP contribution is -2.16. The Bertz CT molecular complexity index is 473. The predicted octanol–water partition coefficient (Wildman–Crippen LogP) is 3.14. The van der Waals surface area contributed by atoms with Gasteiger partial charge in [-0.15, -0.1) is 0 Å². The van der Waals surface area contributed by atoms with Crippen LogP contribution in [0.25, 0.3) is 0 Å². The Kier molecular flexibility index (Phi) is 4.91. The summed E-state index contributed by atoms with van der Waals surface area (Å²) in [6.07, 6.45) is 6.18. The molecule has 1 aromatic rings. The molecule has 0 amide bonds. The van der Waals surface area contributed by atoms with E-state index in [1.165, 1.54) is 32.1 Å². The molecule has 19 heavy (non-hydrogen) atoms. The van der Waals surface area contributed by atoms with Crippen LogP contribution in [-0.2, 0) is 0 Å². The third-order valence-corrected chi connectivity index (χ3v) is 3.44. The van der Waals surface area contributed by atoms with Crippen molar-refractivity contribution in [2.45, 2.75) is 38.5 Å². The molecule has 0 atom stereocenters. The van der Waals surface area contributed by atoms with Gasteiger partial charge in [0.15, 0.2) is 5.78 Å². The highest BCUT2D eigenvalue weighted by Crippen LogP contribution is 2.24. The monoisotopic (exact) mass is 258 g/mol. The lowest BCUT2D eigenvalue weighted by atomic mass is 9.90. The molecule has 1 aliphatic rings. The molecule has 1 heterocycles. The van der Waals surface area contributed by atoms with Crippen molar-refractivity contribution in [1.29, 1.82) is 5.26 Å². The quantitative estimate of drug-likeness (QED) is 0.761. The molecule has 0 unspecified atom stereocenters. The van der Waals surface area contributed by atoms with Crippen LogP contribution < -0.4 is 4.74 Å². The Morgan fingerprint density at radius 1 is 1.37 bits per heavy atom. The molecule has 1 aromatic heterocycles. The second-order valence-electron chi connectivity index (χ2n) is 4.93. The molecule has 2 rings (SSSR count). The molecule has 4 heteroatoms. The Hall–Kier alpha value is -1.89. The van der Waals surface area contributed by atoms with Crippen molar-refractivity contribution < 1.29 is 9.53 Å². The minimum atomic E-state index is -0.259. The van der Waals surface area contributed by atoms with Crippen LogP contribution in [0, 0.1) is 17.2 Å². The third kappa shape index (κ3) is 4.06. The molecule has 0 aliphatic heterocycles. The number of carbonyl (C=O) groups excluding carboxylic acids is 1. The van der Waals surface area contributed by atoms with E-state index < -0.39 is 0 Å². The van der Waals surface area contributed by atoms with Gasteiger partial charge in [0, 0.05) is 6.07 Å². The summed E-state index contributed by atoms with van der Waals surface area (Å²) in [5, 5.41) is 8.51. The molecule has 1 saturated carbocycles. The number of nitriles is 1. The van der Waals surface area contributed by atoms with Crippen LogP contribution in [0.5, 0.6) is 5.88 Å². The van der Waals surface area contributed by atoms with E-state index in [2.05, 4.69) is 4.98 Å². The normalized spacial score (nSPS) is 15.7. The summed E-state index contributed by atoms with van der Waals surface area (Å²) in [6, 6.07) is 6.96. The number of Topliss-reactive ketones (excluding diaryl/α,β-unsaturated/α-hetero) is 1. The average Bonchev–Trinajstić information content (AvgIpc) is 2.47. The van der Waals surface area contributed by atoms with Crippen molar-refractivity contribution in [3.63, 3.8) is 0 Å². The molecule has 0 N–H and O–H groups in total. The van der Waals surface area contributed by atoms with Gasteiger partial charge in [0.05, 0.1) is 12.7 Å². The van der Waals surface area contributed by atoms with Gasteiger partial charge in [-0.3, -0.25) is 4.79 Å². The van der Waals surface area contributed by atoms with Crippen LogP contribution in [0.1, 0.15) is 49.0 Å². The Balaban J connectivity index is 1.91. The first-order chi connectivity index (χ1) is 9.29. The van der Waals surface area contributed by atoms with Gasteiger partial charge in [-0.25, -0.2) is 4.98 Å². The largest absolute Gasteiger partial charge is 0.477 e. The number of hydrogen-bond donors (Lipinski definition) is 0. The summed E-state index contributed by atoms with van der Waals surface area (Å²) >= 11 is 0. The first-order valence-corrected chi connectivity index (χ1v) is 6.79. The summed E-state index contributed by atoms with van der Waals surface area (Å²) in [6.45, 7) is 0.670. The van der Waals surface area contributed by atoms with Crippen molar-refractivity contribution in [3.8, 4) is 11.9 Å². The first kappa shape index (κ1) is 13.5. The van der Waals surface area contributed by atoms with E-state index >= 15 is 0 Å².